The lowest BCUT2D eigenvalue weighted by atomic mass is 9.94. The van der Waals surface area contributed by atoms with Crippen molar-refractivity contribution in [3.63, 3.8) is 0 Å². The van der Waals surface area contributed by atoms with Gasteiger partial charge in [-0.1, -0.05) is 30.3 Å². The molecule has 1 aromatic rings. The van der Waals surface area contributed by atoms with Crippen LogP contribution in [0.1, 0.15) is 12.0 Å². The van der Waals surface area contributed by atoms with E-state index >= 15 is 0 Å². The molecule has 3 N–H and O–H groups in total. The smallest absolute Gasteiger partial charge is 0.139 e. The summed E-state index contributed by atoms with van der Waals surface area (Å²) in [6, 6.07) is 9.70. The van der Waals surface area contributed by atoms with E-state index in [0.29, 0.717) is 19.4 Å². The second kappa shape index (κ2) is 6.32. The van der Waals surface area contributed by atoms with E-state index in [0.717, 1.165) is 5.56 Å². The summed E-state index contributed by atoms with van der Waals surface area (Å²) in [5.41, 5.74) is 6.38. The quantitative estimate of drug-likeness (QED) is 0.723. The molecule has 0 bridgehead atoms. The number of aliphatic hydroxyl groups is 1. The Labute approximate surface area is 89.9 Å². The zero-order chi connectivity index (χ0) is 11.1. The van der Waals surface area contributed by atoms with Gasteiger partial charge >= 0.3 is 0 Å². The highest BCUT2D eigenvalue weighted by molar-refractivity contribution is 5.81. The van der Waals surface area contributed by atoms with Crippen LogP contribution >= 0.6 is 0 Å². The van der Waals surface area contributed by atoms with Crippen molar-refractivity contribution < 1.29 is 9.90 Å². The molecule has 15 heavy (non-hydrogen) atoms. The summed E-state index contributed by atoms with van der Waals surface area (Å²) in [4.78, 5) is 11.5. The monoisotopic (exact) mass is 207 g/mol. The summed E-state index contributed by atoms with van der Waals surface area (Å²) >= 11 is 0. The maximum atomic E-state index is 11.5. The number of carbonyl (C=O) groups excluding carboxylic acids is 1. The topological polar surface area (TPSA) is 63.3 Å². The van der Waals surface area contributed by atoms with Crippen LogP contribution in [0.15, 0.2) is 30.3 Å². The molecule has 0 aromatic heterocycles. The van der Waals surface area contributed by atoms with Crippen LogP contribution in [0.25, 0.3) is 0 Å². The highest BCUT2D eigenvalue weighted by Gasteiger charge is 2.16. The molecule has 0 fully saturated rings. The number of rotatable bonds is 6. The molecule has 0 aliphatic rings. The van der Waals surface area contributed by atoms with Crippen LogP contribution in [0, 0.1) is 5.92 Å². The van der Waals surface area contributed by atoms with E-state index in [4.69, 9.17) is 10.8 Å². The van der Waals surface area contributed by atoms with Gasteiger partial charge in [-0.3, -0.25) is 4.79 Å². The molecule has 3 nitrogen and oxygen atoms in total. The lowest BCUT2D eigenvalue weighted by Crippen LogP contribution is -2.23. The third kappa shape index (κ3) is 3.81. The molecule has 0 amide bonds. The Kier molecular flexibility index (Phi) is 5.01. The molecule has 0 saturated heterocycles. The minimum absolute atomic E-state index is 0.0452. The molecule has 0 saturated carbocycles. The van der Waals surface area contributed by atoms with Crippen LogP contribution in [0.3, 0.4) is 0 Å². The molecular formula is C12H17NO2. The minimum atomic E-state index is -0.309. The number of nitrogens with two attached hydrogens (primary N) is 1. The first-order valence-corrected chi connectivity index (χ1v) is 5.15. The fraction of sp³-hybridized carbons (Fsp3) is 0.417. The van der Waals surface area contributed by atoms with Crippen LogP contribution in [0.5, 0.6) is 0 Å². The van der Waals surface area contributed by atoms with E-state index in [2.05, 4.69) is 0 Å². The van der Waals surface area contributed by atoms with Crippen LogP contribution in [0.2, 0.25) is 0 Å². The number of hydrogen-bond acceptors (Lipinski definition) is 3. The molecule has 1 rings (SSSR count). The summed E-state index contributed by atoms with van der Waals surface area (Å²) in [6.07, 6.45) is 0.939. The van der Waals surface area contributed by atoms with E-state index < -0.39 is 0 Å². The van der Waals surface area contributed by atoms with Crippen LogP contribution in [-0.4, -0.2) is 24.0 Å². The van der Waals surface area contributed by atoms with Gasteiger partial charge in [0.1, 0.15) is 5.78 Å². The Bertz CT molecular complexity index is 298. The molecule has 0 radical (unpaired) electrons. The van der Waals surface area contributed by atoms with Crippen molar-refractivity contribution in [2.24, 2.45) is 11.7 Å². The highest BCUT2D eigenvalue weighted by atomic mass is 16.3. The summed E-state index contributed by atoms with van der Waals surface area (Å²) in [5.74, 6) is -0.264. The van der Waals surface area contributed by atoms with Gasteiger partial charge in [0.2, 0.25) is 0 Å². The second-order valence-electron chi connectivity index (χ2n) is 3.57. The largest absolute Gasteiger partial charge is 0.396 e. The van der Waals surface area contributed by atoms with Crippen molar-refractivity contribution in [2.75, 3.05) is 13.2 Å². The van der Waals surface area contributed by atoms with Gasteiger partial charge in [-0.2, -0.15) is 0 Å². The summed E-state index contributed by atoms with van der Waals surface area (Å²) in [7, 11) is 0. The molecule has 0 spiro atoms. The molecular weight excluding hydrogens is 190 g/mol. The van der Waals surface area contributed by atoms with Gasteiger partial charge in [-0.05, 0) is 18.5 Å². The Hall–Kier alpha value is -1.19. The predicted octanol–water partition coefficient (Wildman–Crippen LogP) is 0.755. The molecule has 1 aromatic carbocycles. The lowest BCUT2D eigenvalue weighted by molar-refractivity contribution is -0.123. The molecule has 0 aliphatic carbocycles. The zero-order valence-electron chi connectivity index (χ0n) is 8.73. The van der Waals surface area contributed by atoms with E-state index in [9.17, 15) is 4.79 Å². The summed E-state index contributed by atoms with van der Waals surface area (Å²) in [6.45, 7) is 0.248. The summed E-state index contributed by atoms with van der Waals surface area (Å²) in [5, 5.41) is 9.12. The van der Waals surface area contributed by atoms with Gasteiger partial charge in [0.05, 0.1) is 6.61 Å². The molecule has 1 atom stereocenters. The Morgan fingerprint density at radius 2 is 2.00 bits per heavy atom. The van der Waals surface area contributed by atoms with E-state index in [1.165, 1.54) is 0 Å². The van der Waals surface area contributed by atoms with Crippen LogP contribution < -0.4 is 5.73 Å². The first-order valence-electron chi connectivity index (χ1n) is 5.15. The average molecular weight is 207 g/mol. The van der Waals surface area contributed by atoms with Gasteiger partial charge in [0.15, 0.2) is 0 Å². The van der Waals surface area contributed by atoms with Crippen molar-refractivity contribution in [3.8, 4) is 0 Å². The number of carbonyl (C=O) groups is 1. The number of aliphatic hydroxyl groups excluding tert-OH is 1. The van der Waals surface area contributed by atoms with Crippen molar-refractivity contribution in [1.29, 1.82) is 0 Å². The normalized spacial score (nSPS) is 12.4. The van der Waals surface area contributed by atoms with Crippen molar-refractivity contribution in [1.82, 2.24) is 0 Å². The zero-order valence-corrected chi connectivity index (χ0v) is 8.73. The maximum absolute atomic E-state index is 11.5. The van der Waals surface area contributed by atoms with Crippen molar-refractivity contribution in [3.05, 3.63) is 35.9 Å². The summed E-state index contributed by atoms with van der Waals surface area (Å²) < 4.78 is 0. The van der Waals surface area contributed by atoms with Gasteiger partial charge in [0.25, 0.3) is 0 Å². The Morgan fingerprint density at radius 1 is 1.33 bits per heavy atom. The fourth-order valence-corrected chi connectivity index (χ4v) is 1.53. The molecule has 0 heterocycles. The SMILES string of the molecule is NCCC(=O)[C@H](CO)Cc1ccccc1. The van der Waals surface area contributed by atoms with Gasteiger partial charge in [0, 0.05) is 12.3 Å². The Balaban J connectivity index is 2.58. The van der Waals surface area contributed by atoms with Gasteiger partial charge in [-0.15, -0.1) is 0 Å². The van der Waals surface area contributed by atoms with Crippen LogP contribution in [-0.2, 0) is 11.2 Å². The number of Topliss-reactive ketones (excluding diaryl/α,β-unsaturated/α-hetero) is 1. The molecule has 0 aliphatic heterocycles. The van der Waals surface area contributed by atoms with Gasteiger partial charge < -0.3 is 10.8 Å². The number of hydrogen-bond donors (Lipinski definition) is 2. The molecule has 3 heteroatoms. The van der Waals surface area contributed by atoms with Crippen LogP contribution in [0.4, 0.5) is 0 Å². The third-order valence-electron chi connectivity index (χ3n) is 2.39. The maximum Gasteiger partial charge on any atom is 0.139 e. The van der Waals surface area contributed by atoms with Crippen molar-refractivity contribution in [2.45, 2.75) is 12.8 Å². The van der Waals surface area contributed by atoms with Gasteiger partial charge in [-0.25, -0.2) is 0 Å². The fourth-order valence-electron chi connectivity index (χ4n) is 1.53. The predicted molar refractivity (Wildman–Crippen MR) is 59.4 cm³/mol. The van der Waals surface area contributed by atoms with E-state index in [-0.39, 0.29) is 18.3 Å². The lowest BCUT2D eigenvalue weighted by Gasteiger charge is -2.12. The molecule has 0 unspecified atom stereocenters. The Morgan fingerprint density at radius 3 is 2.53 bits per heavy atom. The van der Waals surface area contributed by atoms with E-state index in [1.807, 2.05) is 30.3 Å². The second-order valence-corrected chi connectivity index (χ2v) is 3.57. The number of benzene rings is 1. The third-order valence-corrected chi connectivity index (χ3v) is 2.39. The van der Waals surface area contributed by atoms with Crippen molar-refractivity contribution >= 4 is 5.78 Å². The molecule has 82 valence electrons. The highest BCUT2D eigenvalue weighted by Crippen LogP contribution is 2.10. The van der Waals surface area contributed by atoms with E-state index in [1.54, 1.807) is 0 Å². The first kappa shape index (κ1) is 11.9. The standard InChI is InChI=1S/C12H17NO2/c13-7-6-12(15)11(9-14)8-10-4-2-1-3-5-10/h1-5,11,14H,6-9,13H2/t11-/m0/s1. The first-order chi connectivity index (χ1) is 7.27. The number of ketones is 1. The minimum Gasteiger partial charge on any atom is -0.396 e. The average Bonchev–Trinajstić information content (AvgIpc) is 2.27.